The molecule has 0 fully saturated rings. The third kappa shape index (κ3) is 5.90. The highest BCUT2D eigenvalue weighted by molar-refractivity contribution is 6.14. The Kier molecular flexibility index (Phi) is 8.17. The predicted molar refractivity (Wildman–Crippen MR) is 255 cm³/mol. The van der Waals surface area contributed by atoms with E-state index in [9.17, 15) is 0 Å². The van der Waals surface area contributed by atoms with E-state index in [1.54, 1.807) is 0 Å². The van der Waals surface area contributed by atoms with Crippen LogP contribution < -0.4 is 4.90 Å². The Balaban J connectivity index is 1.00. The number of hydrogen-bond donors (Lipinski definition) is 0. The van der Waals surface area contributed by atoms with E-state index in [1.807, 2.05) is 24.3 Å². The molecule has 3 nitrogen and oxygen atoms in total. The molecule has 2 aromatic heterocycles. The fourth-order valence-electron chi connectivity index (χ4n) is 9.22. The van der Waals surface area contributed by atoms with Crippen LogP contribution in [0.5, 0.6) is 0 Å². The zero-order valence-corrected chi connectivity index (χ0v) is 33.1. The Hall–Kier alpha value is -8.14. The Morgan fingerprint density at radius 2 is 0.803 bits per heavy atom. The number of nitrogens with zero attached hydrogens (tertiary/aromatic N) is 1. The van der Waals surface area contributed by atoms with Crippen molar-refractivity contribution in [1.29, 1.82) is 0 Å². The molecule has 10 aromatic carbocycles. The SMILES string of the molecule is c1ccc(-c2ccc3ccccc3c2)c(-c2ccc(N(c3ccc(-c4cccc5c4oc4ccccc45)cc3)c3ccccc3-c3cccc4oc5ccccc5c34)cc2)c1. The van der Waals surface area contributed by atoms with Gasteiger partial charge < -0.3 is 13.7 Å². The van der Waals surface area contributed by atoms with Crippen LogP contribution in [0.25, 0.3) is 99.2 Å². The number of benzene rings is 10. The minimum atomic E-state index is 0.874. The summed E-state index contributed by atoms with van der Waals surface area (Å²) in [5, 5.41) is 6.94. The second kappa shape index (κ2) is 14.3. The van der Waals surface area contributed by atoms with Gasteiger partial charge in [0.15, 0.2) is 0 Å². The molecule has 0 N–H and O–H groups in total. The summed E-state index contributed by atoms with van der Waals surface area (Å²) < 4.78 is 12.8. The number of anilines is 3. The van der Waals surface area contributed by atoms with Gasteiger partial charge in [0.1, 0.15) is 22.3 Å². The molecule has 2 heterocycles. The normalized spacial score (nSPS) is 11.6. The molecule has 0 aliphatic carbocycles. The first kappa shape index (κ1) is 34.9. The van der Waals surface area contributed by atoms with Gasteiger partial charge in [0.05, 0.1) is 5.69 Å². The maximum absolute atomic E-state index is 6.46. The highest BCUT2D eigenvalue weighted by atomic mass is 16.3. The van der Waals surface area contributed by atoms with E-state index in [1.165, 1.54) is 27.5 Å². The monoisotopic (exact) mass is 779 g/mol. The third-order valence-electron chi connectivity index (χ3n) is 12.1. The van der Waals surface area contributed by atoms with Crippen molar-refractivity contribution < 1.29 is 8.83 Å². The van der Waals surface area contributed by atoms with E-state index in [-0.39, 0.29) is 0 Å². The minimum Gasteiger partial charge on any atom is -0.456 e. The van der Waals surface area contributed by atoms with Crippen LogP contribution >= 0.6 is 0 Å². The molecule has 0 atom stereocenters. The lowest BCUT2D eigenvalue weighted by atomic mass is 9.93. The van der Waals surface area contributed by atoms with Crippen molar-refractivity contribution in [3.63, 3.8) is 0 Å². The molecule has 12 aromatic rings. The molecule has 3 heteroatoms. The number of hydrogen-bond acceptors (Lipinski definition) is 3. The van der Waals surface area contributed by atoms with Gasteiger partial charge in [-0.2, -0.15) is 0 Å². The number of furan rings is 2. The summed E-state index contributed by atoms with van der Waals surface area (Å²) in [6, 6.07) is 80.0. The van der Waals surface area contributed by atoms with Crippen molar-refractivity contribution in [2.75, 3.05) is 4.90 Å². The smallest absolute Gasteiger partial charge is 0.143 e. The van der Waals surface area contributed by atoms with Gasteiger partial charge >= 0.3 is 0 Å². The Bertz CT molecular complexity index is 3590. The molecular weight excluding hydrogens is 743 g/mol. The maximum atomic E-state index is 6.46. The highest BCUT2D eigenvalue weighted by Crippen LogP contribution is 2.46. The Morgan fingerprint density at radius 3 is 1.57 bits per heavy atom. The average Bonchev–Trinajstić information content (AvgIpc) is 3.91. The summed E-state index contributed by atoms with van der Waals surface area (Å²) in [7, 11) is 0. The lowest BCUT2D eigenvalue weighted by Gasteiger charge is -2.28. The first-order valence-electron chi connectivity index (χ1n) is 20.7. The van der Waals surface area contributed by atoms with E-state index >= 15 is 0 Å². The van der Waals surface area contributed by atoms with Crippen molar-refractivity contribution in [3.05, 3.63) is 224 Å². The Labute approximate surface area is 353 Å². The van der Waals surface area contributed by atoms with Crippen LogP contribution in [-0.4, -0.2) is 0 Å². The lowest BCUT2D eigenvalue weighted by molar-refractivity contribution is 0.669. The average molecular weight is 780 g/mol. The van der Waals surface area contributed by atoms with Crippen LogP contribution in [0.1, 0.15) is 0 Å². The fraction of sp³-hybridized carbons (Fsp3) is 0. The van der Waals surface area contributed by atoms with Gasteiger partial charge in [0.25, 0.3) is 0 Å². The zero-order valence-electron chi connectivity index (χ0n) is 33.1. The molecule has 286 valence electrons. The van der Waals surface area contributed by atoms with Gasteiger partial charge in [-0.25, -0.2) is 0 Å². The van der Waals surface area contributed by atoms with Gasteiger partial charge in [0.2, 0.25) is 0 Å². The van der Waals surface area contributed by atoms with Crippen LogP contribution in [0.3, 0.4) is 0 Å². The van der Waals surface area contributed by atoms with E-state index in [0.29, 0.717) is 0 Å². The maximum Gasteiger partial charge on any atom is 0.143 e. The molecule has 0 bridgehead atoms. The molecule has 0 aliphatic heterocycles. The predicted octanol–water partition coefficient (Wildman–Crippen LogP) is 16.8. The first-order chi connectivity index (χ1) is 30.2. The zero-order chi connectivity index (χ0) is 40.3. The summed E-state index contributed by atoms with van der Waals surface area (Å²) in [4.78, 5) is 2.38. The topological polar surface area (TPSA) is 29.5 Å². The summed E-state index contributed by atoms with van der Waals surface area (Å²) in [5.74, 6) is 0. The van der Waals surface area contributed by atoms with Gasteiger partial charge in [-0.05, 0) is 98.8 Å². The molecule has 0 spiro atoms. The van der Waals surface area contributed by atoms with E-state index < -0.39 is 0 Å². The van der Waals surface area contributed by atoms with Gasteiger partial charge in [0, 0.05) is 44.0 Å². The third-order valence-corrected chi connectivity index (χ3v) is 12.1. The summed E-state index contributed by atoms with van der Waals surface area (Å²) in [6.45, 7) is 0. The van der Waals surface area contributed by atoms with Crippen molar-refractivity contribution in [3.8, 4) is 44.5 Å². The molecular formula is C58H37NO2. The van der Waals surface area contributed by atoms with Crippen molar-refractivity contribution in [1.82, 2.24) is 0 Å². The van der Waals surface area contributed by atoms with Crippen LogP contribution in [0.15, 0.2) is 233 Å². The first-order valence-corrected chi connectivity index (χ1v) is 20.7. The standard InChI is InChI=1S/C58H37NO2/c1-2-14-41-37-42(28-27-38(41)13-1)46-16-4-3-15-45(46)39-29-33-43(34-30-39)59(44-35-31-40(32-36-44)47-20-11-22-51-49-18-6-9-24-54(49)61-58(47)51)53-23-8-5-17-48(53)50-21-12-26-56-57(50)52-19-7-10-25-55(52)60-56/h1-37H. The summed E-state index contributed by atoms with van der Waals surface area (Å²) >= 11 is 0. The molecule has 0 unspecified atom stereocenters. The van der Waals surface area contributed by atoms with E-state index in [2.05, 4.69) is 205 Å². The number of fused-ring (bicyclic) bond motifs is 7. The fourth-order valence-corrected chi connectivity index (χ4v) is 9.22. The highest BCUT2D eigenvalue weighted by Gasteiger charge is 2.21. The van der Waals surface area contributed by atoms with Crippen LogP contribution in [-0.2, 0) is 0 Å². The van der Waals surface area contributed by atoms with Crippen molar-refractivity contribution >= 4 is 71.7 Å². The lowest BCUT2D eigenvalue weighted by Crippen LogP contribution is -2.11. The van der Waals surface area contributed by atoms with E-state index in [4.69, 9.17) is 8.83 Å². The second-order valence-electron chi connectivity index (χ2n) is 15.6. The van der Waals surface area contributed by atoms with Gasteiger partial charge in [-0.15, -0.1) is 0 Å². The van der Waals surface area contributed by atoms with Crippen molar-refractivity contribution in [2.45, 2.75) is 0 Å². The number of para-hydroxylation sites is 4. The summed E-state index contributed by atoms with van der Waals surface area (Å²) in [5.41, 5.74) is 15.9. The van der Waals surface area contributed by atoms with Crippen LogP contribution in [0.2, 0.25) is 0 Å². The minimum absolute atomic E-state index is 0.874. The molecule has 0 amide bonds. The molecule has 0 aliphatic rings. The second-order valence-corrected chi connectivity index (χ2v) is 15.6. The van der Waals surface area contributed by atoms with Crippen molar-refractivity contribution in [2.24, 2.45) is 0 Å². The van der Waals surface area contributed by atoms with E-state index in [0.717, 1.165) is 88.8 Å². The van der Waals surface area contributed by atoms with Gasteiger partial charge in [-0.3, -0.25) is 0 Å². The Morgan fingerprint density at radius 1 is 0.295 bits per heavy atom. The molecule has 0 saturated heterocycles. The molecule has 0 radical (unpaired) electrons. The van der Waals surface area contributed by atoms with Crippen LogP contribution in [0, 0.1) is 0 Å². The van der Waals surface area contributed by atoms with Crippen LogP contribution in [0.4, 0.5) is 17.1 Å². The summed E-state index contributed by atoms with van der Waals surface area (Å²) in [6.07, 6.45) is 0. The quantitative estimate of drug-likeness (QED) is 0.161. The number of rotatable bonds is 7. The molecule has 12 rings (SSSR count). The molecule has 0 saturated carbocycles. The largest absolute Gasteiger partial charge is 0.456 e. The van der Waals surface area contributed by atoms with Gasteiger partial charge in [-0.1, -0.05) is 170 Å². The molecule has 61 heavy (non-hydrogen) atoms.